The molecule has 0 heterocycles. The third-order valence-electron chi connectivity index (χ3n) is 5.30. The van der Waals surface area contributed by atoms with E-state index in [9.17, 15) is 13.2 Å². The van der Waals surface area contributed by atoms with E-state index in [4.69, 9.17) is 21.1 Å². The lowest BCUT2D eigenvalue weighted by Crippen LogP contribution is -2.42. The van der Waals surface area contributed by atoms with Crippen molar-refractivity contribution in [1.29, 1.82) is 0 Å². The lowest BCUT2D eigenvalue weighted by Gasteiger charge is -2.26. The number of anilines is 1. The predicted octanol–water partition coefficient (Wildman–Crippen LogP) is 4.82. The molecule has 7 nitrogen and oxygen atoms in total. The number of benzene rings is 3. The fourth-order valence-electron chi connectivity index (χ4n) is 3.47. The molecule has 180 valence electrons. The monoisotopic (exact) mass is 502 g/mol. The average Bonchev–Trinajstić information content (AvgIpc) is 2.86. The highest BCUT2D eigenvalue weighted by Crippen LogP contribution is 2.32. The summed E-state index contributed by atoms with van der Waals surface area (Å²) in [6.07, 6.45) is 0.623. The van der Waals surface area contributed by atoms with Gasteiger partial charge in [-0.15, -0.1) is 0 Å². The maximum atomic E-state index is 13.5. The highest BCUT2D eigenvalue weighted by atomic mass is 35.5. The van der Waals surface area contributed by atoms with E-state index >= 15 is 0 Å². The maximum Gasteiger partial charge on any atom is 0.264 e. The summed E-state index contributed by atoms with van der Waals surface area (Å²) in [6.45, 7) is 1.52. The first-order chi connectivity index (χ1) is 16.3. The van der Waals surface area contributed by atoms with Gasteiger partial charge in [0, 0.05) is 0 Å². The van der Waals surface area contributed by atoms with Crippen molar-refractivity contribution in [1.82, 2.24) is 5.32 Å². The van der Waals surface area contributed by atoms with E-state index in [0.29, 0.717) is 17.9 Å². The molecule has 3 aromatic carbocycles. The first kappa shape index (κ1) is 25.4. The molecule has 0 saturated heterocycles. The molecule has 1 N–H and O–H groups in total. The number of carbonyl (C=O) groups is 1. The number of hydrogen-bond acceptors (Lipinski definition) is 5. The Kier molecular flexibility index (Phi) is 8.41. The molecule has 0 bridgehead atoms. The minimum absolute atomic E-state index is 0.0666. The van der Waals surface area contributed by atoms with Gasteiger partial charge >= 0.3 is 0 Å². The highest BCUT2D eigenvalue weighted by molar-refractivity contribution is 7.92. The van der Waals surface area contributed by atoms with Crippen LogP contribution in [0.3, 0.4) is 0 Å². The lowest BCUT2D eigenvalue weighted by atomic mass is 10.0. The van der Waals surface area contributed by atoms with Crippen LogP contribution in [-0.4, -0.2) is 35.1 Å². The number of methoxy groups -OCH3 is 2. The molecule has 3 aromatic rings. The summed E-state index contributed by atoms with van der Waals surface area (Å²) < 4.78 is 38.4. The van der Waals surface area contributed by atoms with Gasteiger partial charge in [0.1, 0.15) is 18.0 Å². The summed E-state index contributed by atoms with van der Waals surface area (Å²) >= 11 is 6.26. The van der Waals surface area contributed by atoms with E-state index in [2.05, 4.69) is 5.32 Å². The lowest BCUT2D eigenvalue weighted by molar-refractivity contribution is -0.120. The van der Waals surface area contributed by atoms with Crippen molar-refractivity contribution in [2.75, 3.05) is 25.1 Å². The van der Waals surface area contributed by atoms with E-state index in [1.807, 2.05) is 31.2 Å². The summed E-state index contributed by atoms with van der Waals surface area (Å²) in [5, 5.41) is 3.17. The van der Waals surface area contributed by atoms with Crippen LogP contribution in [0.5, 0.6) is 11.5 Å². The molecule has 0 fully saturated rings. The van der Waals surface area contributed by atoms with Crippen LogP contribution in [-0.2, 0) is 14.8 Å². The number of sulfonamides is 1. The van der Waals surface area contributed by atoms with Gasteiger partial charge in [0.2, 0.25) is 5.91 Å². The Balaban J connectivity index is 1.91. The zero-order valence-corrected chi connectivity index (χ0v) is 20.8. The summed E-state index contributed by atoms with van der Waals surface area (Å²) in [5.41, 5.74) is 1.14. The van der Waals surface area contributed by atoms with Crippen LogP contribution >= 0.6 is 11.6 Å². The molecule has 0 aliphatic rings. The molecule has 3 rings (SSSR count). The van der Waals surface area contributed by atoms with Gasteiger partial charge < -0.3 is 14.8 Å². The number of ether oxygens (including phenoxy) is 2. The SMILES string of the molecule is CC[C@H](NC(=O)CN(c1ccc(OC)c(Cl)c1)S(=O)(=O)c1ccccc1)c1ccc(OC)cc1. The van der Waals surface area contributed by atoms with Crippen LogP contribution in [0.2, 0.25) is 5.02 Å². The average molecular weight is 503 g/mol. The smallest absolute Gasteiger partial charge is 0.264 e. The third kappa shape index (κ3) is 5.81. The van der Waals surface area contributed by atoms with Crippen molar-refractivity contribution in [2.24, 2.45) is 0 Å². The molecule has 0 unspecified atom stereocenters. The molecule has 1 amide bonds. The van der Waals surface area contributed by atoms with Crippen molar-refractivity contribution in [2.45, 2.75) is 24.3 Å². The minimum atomic E-state index is -4.05. The van der Waals surface area contributed by atoms with Gasteiger partial charge in [0.05, 0.1) is 35.9 Å². The van der Waals surface area contributed by atoms with E-state index in [0.717, 1.165) is 9.87 Å². The largest absolute Gasteiger partial charge is 0.497 e. The van der Waals surface area contributed by atoms with E-state index in [-0.39, 0.29) is 21.6 Å². The minimum Gasteiger partial charge on any atom is -0.497 e. The van der Waals surface area contributed by atoms with Crippen molar-refractivity contribution in [3.63, 3.8) is 0 Å². The van der Waals surface area contributed by atoms with Crippen LogP contribution in [0.25, 0.3) is 0 Å². The standard InChI is InChI=1S/C25H27ClN2O5S/c1-4-23(18-10-13-20(32-2)14-11-18)27-25(29)17-28(19-12-15-24(33-3)22(26)16-19)34(30,31)21-8-6-5-7-9-21/h5-16,23H,4,17H2,1-3H3,(H,27,29)/t23-/m0/s1. The molecule has 0 spiro atoms. The summed E-state index contributed by atoms with van der Waals surface area (Å²) in [5.74, 6) is 0.660. The van der Waals surface area contributed by atoms with Crippen LogP contribution in [0.4, 0.5) is 5.69 Å². The fraction of sp³-hybridized carbons (Fsp3) is 0.240. The Bertz CT molecular complexity index is 1220. The van der Waals surface area contributed by atoms with Crippen LogP contribution in [0.1, 0.15) is 24.9 Å². The van der Waals surface area contributed by atoms with E-state index in [1.54, 1.807) is 37.4 Å². The molecule has 0 radical (unpaired) electrons. The zero-order valence-electron chi connectivity index (χ0n) is 19.2. The summed E-state index contributed by atoms with van der Waals surface area (Å²) in [4.78, 5) is 13.1. The predicted molar refractivity (Wildman–Crippen MR) is 133 cm³/mol. The molecule has 9 heteroatoms. The topological polar surface area (TPSA) is 84.9 Å². The third-order valence-corrected chi connectivity index (χ3v) is 7.39. The number of nitrogens with zero attached hydrogens (tertiary/aromatic N) is 1. The molecule has 1 atom stereocenters. The number of rotatable bonds is 10. The Morgan fingerprint density at radius 3 is 2.24 bits per heavy atom. The number of carbonyl (C=O) groups excluding carboxylic acids is 1. The first-order valence-electron chi connectivity index (χ1n) is 10.6. The molecular weight excluding hydrogens is 476 g/mol. The van der Waals surface area contributed by atoms with Crippen molar-refractivity contribution >= 4 is 33.2 Å². The molecule has 0 saturated carbocycles. The fourth-order valence-corrected chi connectivity index (χ4v) is 5.16. The quantitative estimate of drug-likeness (QED) is 0.429. The van der Waals surface area contributed by atoms with E-state index in [1.165, 1.54) is 25.3 Å². The Hall–Kier alpha value is -3.23. The van der Waals surface area contributed by atoms with Crippen LogP contribution < -0.4 is 19.1 Å². The second-order valence-corrected chi connectivity index (χ2v) is 9.71. The Morgan fingerprint density at radius 2 is 1.68 bits per heavy atom. The van der Waals surface area contributed by atoms with Gasteiger partial charge in [0.15, 0.2) is 0 Å². The second kappa shape index (κ2) is 11.3. The Labute approximate surface area is 205 Å². The molecule has 34 heavy (non-hydrogen) atoms. The zero-order chi connectivity index (χ0) is 24.7. The number of amides is 1. The van der Waals surface area contributed by atoms with Crippen molar-refractivity contribution < 1.29 is 22.7 Å². The first-order valence-corrected chi connectivity index (χ1v) is 12.5. The summed E-state index contributed by atoms with van der Waals surface area (Å²) in [6, 6.07) is 19.6. The van der Waals surface area contributed by atoms with E-state index < -0.39 is 22.5 Å². The summed E-state index contributed by atoms with van der Waals surface area (Å²) in [7, 11) is -0.991. The van der Waals surface area contributed by atoms with Crippen LogP contribution in [0, 0.1) is 0 Å². The van der Waals surface area contributed by atoms with Crippen LogP contribution in [0.15, 0.2) is 77.7 Å². The maximum absolute atomic E-state index is 13.5. The normalized spacial score (nSPS) is 12.0. The molecule has 0 aromatic heterocycles. The number of hydrogen-bond donors (Lipinski definition) is 1. The van der Waals surface area contributed by atoms with Gasteiger partial charge in [-0.25, -0.2) is 8.42 Å². The number of halogens is 1. The van der Waals surface area contributed by atoms with Gasteiger partial charge in [-0.1, -0.05) is 48.9 Å². The van der Waals surface area contributed by atoms with Gasteiger partial charge in [0.25, 0.3) is 10.0 Å². The van der Waals surface area contributed by atoms with Gasteiger partial charge in [-0.3, -0.25) is 9.10 Å². The number of nitrogens with one attached hydrogen (secondary N) is 1. The Morgan fingerprint density at radius 1 is 1.00 bits per heavy atom. The highest BCUT2D eigenvalue weighted by Gasteiger charge is 2.28. The second-order valence-electron chi connectivity index (χ2n) is 7.45. The van der Waals surface area contributed by atoms with Gasteiger partial charge in [-0.2, -0.15) is 0 Å². The van der Waals surface area contributed by atoms with Gasteiger partial charge in [-0.05, 0) is 54.4 Å². The van der Waals surface area contributed by atoms with Crippen molar-refractivity contribution in [3.05, 3.63) is 83.4 Å². The molecule has 0 aliphatic carbocycles. The molecular formula is C25H27ClN2O5S. The van der Waals surface area contributed by atoms with Crippen molar-refractivity contribution in [3.8, 4) is 11.5 Å². The molecule has 0 aliphatic heterocycles.